The predicted octanol–water partition coefficient (Wildman–Crippen LogP) is 1.97. The normalized spacial score (nSPS) is 23.8. The fraction of sp³-hybridized carbons (Fsp3) is 0.571. The van der Waals surface area contributed by atoms with E-state index in [0.717, 1.165) is 29.7 Å². The fourth-order valence-corrected chi connectivity index (χ4v) is 4.76. The van der Waals surface area contributed by atoms with Crippen LogP contribution in [-0.2, 0) is 9.84 Å². The molecule has 2 unspecified atom stereocenters. The SMILES string of the molecule is COc1ccc(C(N)C2CCCCS2(=O)=O)c(C)c1. The van der Waals surface area contributed by atoms with Crippen LogP contribution in [0.25, 0.3) is 0 Å². The van der Waals surface area contributed by atoms with E-state index >= 15 is 0 Å². The minimum absolute atomic E-state index is 0.264. The summed E-state index contributed by atoms with van der Waals surface area (Å²) in [5.41, 5.74) is 8.10. The summed E-state index contributed by atoms with van der Waals surface area (Å²) in [6.45, 7) is 1.94. The first-order valence-electron chi connectivity index (χ1n) is 6.57. The lowest BCUT2D eigenvalue weighted by molar-refractivity contribution is 0.414. The zero-order valence-electron chi connectivity index (χ0n) is 11.4. The minimum Gasteiger partial charge on any atom is -0.497 e. The molecule has 1 saturated heterocycles. The number of methoxy groups -OCH3 is 1. The summed E-state index contributed by atoms with van der Waals surface area (Å²) in [6, 6.07) is 5.15. The van der Waals surface area contributed by atoms with Gasteiger partial charge in [0.15, 0.2) is 9.84 Å². The Hall–Kier alpha value is -1.07. The molecule has 1 fully saturated rings. The van der Waals surface area contributed by atoms with Crippen molar-refractivity contribution in [1.29, 1.82) is 0 Å². The van der Waals surface area contributed by atoms with Crippen molar-refractivity contribution in [3.8, 4) is 5.75 Å². The molecule has 1 aromatic rings. The molecule has 2 rings (SSSR count). The summed E-state index contributed by atoms with van der Waals surface area (Å²) in [6.07, 6.45) is 2.36. The van der Waals surface area contributed by atoms with Gasteiger partial charge in [0.2, 0.25) is 0 Å². The third-order valence-electron chi connectivity index (χ3n) is 3.87. The number of ether oxygens (including phenoxy) is 1. The molecule has 1 aliphatic rings. The van der Waals surface area contributed by atoms with Gasteiger partial charge in [-0.05, 0) is 43.0 Å². The summed E-state index contributed by atoms with van der Waals surface area (Å²) in [5, 5.41) is -0.451. The van der Waals surface area contributed by atoms with Crippen molar-refractivity contribution in [2.24, 2.45) is 5.73 Å². The average Bonchev–Trinajstić information content (AvgIpc) is 2.37. The molecule has 0 amide bonds. The average molecular weight is 283 g/mol. The minimum atomic E-state index is -3.06. The van der Waals surface area contributed by atoms with Crippen molar-refractivity contribution < 1.29 is 13.2 Å². The Balaban J connectivity index is 2.31. The molecular weight excluding hydrogens is 262 g/mol. The van der Waals surface area contributed by atoms with Gasteiger partial charge < -0.3 is 10.5 Å². The van der Waals surface area contributed by atoms with E-state index in [1.54, 1.807) is 7.11 Å². The van der Waals surface area contributed by atoms with Crippen LogP contribution in [0.3, 0.4) is 0 Å². The van der Waals surface area contributed by atoms with Gasteiger partial charge in [-0.3, -0.25) is 0 Å². The molecule has 1 heterocycles. The number of aryl methyl sites for hydroxylation is 1. The van der Waals surface area contributed by atoms with Crippen molar-refractivity contribution >= 4 is 9.84 Å². The van der Waals surface area contributed by atoms with Crippen molar-refractivity contribution in [2.45, 2.75) is 37.5 Å². The Bertz CT molecular complexity index is 554. The van der Waals surface area contributed by atoms with E-state index in [4.69, 9.17) is 10.5 Å². The third-order valence-corrected chi connectivity index (χ3v) is 6.17. The number of sulfone groups is 1. The Morgan fingerprint density at radius 1 is 1.37 bits per heavy atom. The van der Waals surface area contributed by atoms with Crippen LogP contribution in [0.4, 0.5) is 0 Å². The second-order valence-corrected chi connectivity index (χ2v) is 7.49. The largest absolute Gasteiger partial charge is 0.497 e. The van der Waals surface area contributed by atoms with Crippen molar-refractivity contribution in [2.75, 3.05) is 12.9 Å². The first kappa shape index (κ1) is 14.3. The Kier molecular flexibility index (Phi) is 4.16. The molecule has 0 saturated carbocycles. The van der Waals surface area contributed by atoms with Crippen LogP contribution < -0.4 is 10.5 Å². The van der Waals surface area contributed by atoms with Crippen LogP contribution >= 0.6 is 0 Å². The van der Waals surface area contributed by atoms with Gasteiger partial charge in [-0.25, -0.2) is 8.42 Å². The van der Waals surface area contributed by atoms with E-state index in [2.05, 4.69) is 0 Å². The number of nitrogens with two attached hydrogens (primary N) is 1. The quantitative estimate of drug-likeness (QED) is 0.920. The number of hydrogen-bond acceptors (Lipinski definition) is 4. The lowest BCUT2D eigenvalue weighted by Crippen LogP contribution is -2.38. The lowest BCUT2D eigenvalue weighted by atomic mass is 9.96. The van der Waals surface area contributed by atoms with Crippen molar-refractivity contribution in [3.63, 3.8) is 0 Å². The predicted molar refractivity (Wildman–Crippen MR) is 76.1 cm³/mol. The van der Waals surface area contributed by atoms with Gasteiger partial charge in [0.25, 0.3) is 0 Å². The van der Waals surface area contributed by atoms with Gasteiger partial charge in [0.1, 0.15) is 5.75 Å². The maximum atomic E-state index is 12.1. The molecular formula is C14H21NO3S. The highest BCUT2D eigenvalue weighted by molar-refractivity contribution is 7.92. The van der Waals surface area contributed by atoms with Gasteiger partial charge >= 0.3 is 0 Å². The monoisotopic (exact) mass is 283 g/mol. The van der Waals surface area contributed by atoms with E-state index < -0.39 is 21.1 Å². The number of benzene rings is 1. The van der Waals surface area contributed by atoms with Crippen LogP contribution in [0.2, 0.25) is 0 Å². The molecule has 0 bridgehead atoms. The molecule has 2 atom stereocenters. The summed E-state index contributed by atoms with van der Waals surface area (Å²) < 4.78 is 29.4. The second kappa shape index (κ2) is 5.51. The summed E-state index contributed by atoms with van der Waals surface area (Å²) in [5.74, 6) is 1.03. The van der Waals surface area contributed by atoms with Gasteiger partial charge in [0.05, 0.1) is 18.1 Å². The second-order valence-electron chi connectivity index (χ2n) is 5.15. The molecule has 2 N–H and O–H groups in total. The first-order valence-corrected chi connectivity index (χ1v) is 8.29. The standard InChI is InChI=1S/C14H21NO3S/c1-10-9-11(18-2)6-7-12(10)14(15)13-5-3-4-8-19(13,16)17/h6-7,9,13-14H,3-5,8,15H2,1-2H3. The summed E-state index contributed by atoms with van der Waals surface area (Å²) >= 11 is 0. The van der Waals surface area contributed by atoms with E-state index in [-0.39, 0.29) is 5.75 Å². The molecule has 0 spiro atoms. The van der Waals surface area contributed by atoms with E-state index in [0.29, 0.717) is 6.42 Å². The maximum absolute atomic E-state index is 12.1. The van der Waals surface area contributed by atoms with Crippen LogP contribution in [0.1, 0.15) is 36.4 Å². The van der Waals surface area contributed by atoms with E-state index in [1.807, 2.05) is 25.1 Å². The highest BCUT2D eigenvalue weighted by Crippen LogP contribution is 2.31. The van der Waals surface area contributed by atoms with Gasteiger partial charge in [-0.1, -0.05) is 12.5 Å². The molecule has 4 nitrogen and oxygen atoms in total. The van der Waals surface area contributed by atoms with E-state index in [1.165, 1.54) is 0 Å². The molecule has 5 heteroatoms. The zero-order chi connectivity index (χ0) is 14.0. The molecule has 19 heavy (non-hydrogen) atoms. The molecule has 0 aromatic heterocycles. The first-order chi connectivity index (χ1) is 8.95. The van der Waals surface area contributed by atoms with Crippen molar-refractivity contribution in [1.82, 2.24) is 0 Å². The van der Waals surface area contributed by atoms with Gasteiger partial charge in [-0.2, -0.15) is 0 Å². The topological polar surface area (TPSA) is 69.4 Å². The zero-order valence-corrected chi connectivity index (χ0v) is 12.2. The summed E-state index contributed by atoms with van der Waals surface area (Å²) in [4.78, 5) is 0. The summed E-state index contributed by atoms with van der Waals surface area (Å²) in [7, 11) is -1.45. The third kappa shape index (κ3) is 2.92. The molecule has 106 valence electrons. The maximum Gasteiger partial charge on any atom is 0.155 e. The lowest BCUT2D eigenvalue weighted by Gasteiger charge is -2.28. The van der Waals surface area contributed by atoms with Crippen LogP contribution in [0, 0.1) is 6.92 Å². The van der Waals surface area contributed by atoms with Crippen molar-refractivity contribution in [3.05, 3.63) is 29.3 Å². The van der Waals surface area contributed by atoms with E-state index in [9.17, 15) is 8.42 Å². The Morgan fingerprint density at radius 3 is 2.68 bits per heavy atom. The molecule has 0 radical (unpaired) electrons. The van der Waals surface area contributed by atoms with Gasteiger partial charge in [0, 0.05) is 6.04 Å². The van der Waals surface area contributed by atoms with Gasteiger partial charge in [-0.15, -0.1) is 0 Å². The highest BCUT2D eigenvalue weighted by Gasteiger charge is 2.34. The number of rotatable bonds is 3. The van der Waals surface area contributed by atoms with Crippen LogP contribution in [0.15, 0.2) is 18.2 Å². The Morgan fingerprint density at radius 2 is 2.11 bits per heavy atom. The Labute approximate surface area is 114 Å². The van der Waals surface area contributed by atoms with Crippen LogP contribution in [-0.4, -0.2) is 26.5 Å². The molecule has 1 aromatic carbocycles. The smallest absolute Gasteiger partial charge is 0.155 e. The highest BCUT2D eigenvalue weighted by atomic mass is 32.2. The van der Waals surface area contributed by atoms with Crippen LogP contribution in [0.5, 0.6) is 5.75 Å². The molecule has 1 aliphatic heterocycles. The number of hydrogen-bond donors (Lipinski definition) is 1. The fourth-order valence-electron chi connectivity index (χ4n) is 2.73. The molecule has 0 aliphatic carbocycles.